The Balaban J connectivity index is 2.34. The molecule has 0 spiro atoms. The van der Waals surface area contributed by atoms with Crippen molar-refractivity contribution in [2.75, 3.05) is 0 Å². The lowest BCUT2D eigenvalue weighted by Gasteiger charge is -2.31. The van der Waals surface area contributed by atoms with Crippen molar-refractivity contribution in [3.8, 4) is 0 Å². The van der Waals surface area contributed by atoms with E-state index in [1.54, 1.807) is 0 Å². The molecule has 1 aliphatic rings. The molecule has 0 unspecified atom stereocenters. The molecule has 1 nitrogen and oxygen atoms in total. The van der Waals surface area contributed by atoms with Gasteiger partial charge in [0.15, 0.2) is 0 Å². The van der Waals surface area contributed by atoms with Crippen molar-refractivity contribution in [2.45, 2.75) is 57.6 Å². The maximum absolute atomic E-state index is 6.11. The highest BCUT2D eigenvalue weighted by Crippen LogP contribution is 2.26. The maximum Gasteiger partial charge on any atom is 0.0595 e. The molecule has 1 fully saturated rings. The molecule has 1 heterocycles. The Hall–Kier alpha value is 0.250. The Kier molecular flexibility index (Phi) is 3.85. The molecule has 0 aliphatic carbocycles. The molecular formula is C10H19ClO. The Morgan fingerprint density at radius 3 is 2.58 bits per heavy atom. The Morgan fingerprint density at radius 2 is 2.08 bits per heavy atom. The first kappa shape index (κ1) is 10.3. The van der Waals surface area contributed by atoms with E-state index in [2.05, 4.69) is 20.8 Å². The van der Waals surface area contributed by atoms with Gasteiger partial charge in [0.25, 0.3) is 0 Å². The summed E-state index contributed by atoms with van der Waals surface area (Å²) >= 11 is 6.11. The average Bonchev–Trinajstić information content (AvgIpc) is 1.81. The van der Waals surface area contributed by atoms with Crippen molar-refractivity contribution in [3.05, 3.63) is 0 Å². The van der Waals surface area contributed by atoms with Crippen LogP contribution < -0.4 is 0 Å². The Bertz CT molecular complexity index is 123. The second-order valence-corrected chi connectivity index (χ2v) is 4.88. The van der Waals surface area contributed by atoms with Crippen LogP contribution in [-0.4, -0.2) is 17.6 Å². The maximum atomic E-state index is 6.11. The molecule has 0 N–H and O–H groups in total. The van der Waals surface area contributed by atoms with Crippen LogP contribution in [0.25, 0.3) is 0 Å². The highest BCUT2D eigenvalue weighted by Gasteiger charge is 2.25. The van der Waals surface area contributed by atoms with Gasteiger partial charge in [-0.1, -0.05) is 13.8 Å². The van der Waals surface area contributed by atoms with Crippen molar-refractivity contribution in [2.24, 2.45) is 5.92 Å². The van der Waals surface area contributed by atoms with E-state index >= 15 is 0 Å². The van der Waals surface area contributed by atoms with Gasteiger partial charge in [0.2, 0.25) is 0 Å². The lowest BCUT2D eigenvalue weighted by molar-refractivity contribution is -0.0465. The number of rotatable bonds is 2. The number of hydrogen-bond acceptors (Lipinski definition) is 1. The monoisotopic (exact) mass is 190 g/mol. The standard InChI is InChI=1S/C10H19ClO/c1-7(2)4-10-6-9(11)5-8(3)12-10/h7-10H,4-6H2,1-3H3/t8-,9+,10+/m0/s1. The van der Waals surface area contributed by atoms with Gasteiger partial charge in [0.05, 0.1) is 12.2 Å². The quantitative estimate of drug-likeness (QED) is 0.608. The van der Waals surface area contributed by atoms with E-state index in [1.165, 1.54) is 0 Å². The van der Waals surface area contributed by atoms with Gasteiger partial charge in [-0.15, -0.1) is 11.6 Å². The summed E-state index contributed by atoms with van der Waals surface area (Å²) in [6.45, 7) is 6.57. The molecule has 2 heteroatoms. The third-order valence-electron chi connectivity index (χ3n) is 2.27. The number of alkyl halides is 1. The summed E-state index contributed by atoms with van der Waals surface area (Å²) in [5.74, 6) is 0.712. The first-order valence-electron chi connectivity index (χ1n) is 4.87. The van der Waals surface area contributed by atoms with Gasteiger partial charge in [0.1, 0.15) is 0 Å². The molecule has 0 aromatic heterocycles. The summed E-state index contributed by atoms with van der Waals surface area (Å²) in [5, 5.41) is 0.331. The zero-order valence-corrected chi connectivity index (χ0v) is 8.97. The van der Waals surface area contributed by atoms with Crippen LogP contribution in [0.1, 0.15) is 40.0 Å². The minimum absolute atomic E-state index is 0.331. The van der Waals surface area contributed by atoms with E-state index in [0.717, 1.165) is 19.3 Å². The predicted molar refractivity (Wildman–Crippen MR) is 52.7 cm³/mol. The lowest BCUT2D eigenvalue weighted by Crippen LogP contribution is -2.32. The first-order valence-corrected chi connectivity index (χ1v) is 5.31. The molecule has 1 aliphatic heterocycles. The molecule has 0 bridgehead atoms. The molecule has 3 atom stereocenters. The molecule has 0 aromatic rings. The van der Waals surface area contributed by atoms with E-state index in [4.69, 9.17) is 16.3 Å². The van der Waals surface area contributed by atoms with E-state index in [-0.39, 0.29) is 0 Å². The summed E-state index contributed by atoms with van der Waals surface area (Å²) in [6.07, 6.45) is 3.94. The average molecular weight is 191 g/mol. The van der Waals surface area contributed by atoms with Crippen LogP contribution in [0.5, 0.6) is 0 Å². The van der Waals surface area contributed by atoms with Crippen molar-refractivity contribution in [3.63, 3.8) is 0 Å². The highest BCUT2D eigenvalue weighted by molar-refractivity contribution is 6.20. The summed E-state index contributed by atoms with van der Waals surface area (Å²) < 4.78 is 5.78. The van der Waals surface area contributed by atoms with Gasteiger partial charge in [-0.2, -0.15) is 0 Å². The fourth-order valence-electron chi connectivity index (χ4n) is 1.86. The number of ether oxygens (including phenoxy) is 1. The van der Waals surface area contributed by atoms with Crippen molar-refractivity contribution in [1.82, 2.24) is 0 Å². The minimum Gasteiger partial charge on any atom is -0.375 e. The van der Waals surface area contributed by atoms with E-state index in [1.807, 2.05) is 0 Å². The molecule has 72 valence electrons. The van der Waals surface area contributed by atoms with Gasteiger partial charge in [-0.25, -0.2) is 0 Å². The minimum atomic E-state index is 0.331. The van der Waals surface area contributed by atoms with Crippen LogP contribution in [0.3, 0.4) is 0 Å². The highest BCUT2D eigenvalue weighted by atomic mass is 35.5. The van der Waals surface area contributed by atoms with Crippen LogP contribution in [0.4, 0.5) is 0 Å². The molecular weight excluding hydrogens is 172 g/mol. The van der Waals surface area contributed by atoms with Gasteiger partial charge in [-0.05, 0) is 32.1 Å². The molecule has 1 saturated heterocycles. The van der Waals surface area contributed by atoms with Crippen molar-refractivity contribution >= 4 is 11.6 Å². The third-order valence-corrected chi connectivity index (χ3v) is 2.62. The van der Waals surface area contributed by atoms with Gasteiger partial charge in [-0.3, -0.25) is 0 Å². The Morgan fingerprint density at radius 1 is 1.42 bits per heavy atom. The second kappa shape index (κ2) is 4.48. The van der Waals surface area contributed by atoms with Gasteiger partial charge in [0, 0.05) is 5.38 Å². The molecule has 0 amide bonds. The fraction of sp³-hybridized carbons (Fsp3) is 1.00. The molecule has 0 saturated carbocycles. The zero-order valence-electron chi connectivity index (χ0n) is 8.22. The molecule has 0 radical (unpaired) electrons. The largest absolute Gasteiger partial charge is 0.375 e. The van der Waals surface area contributed by atoms with Crippen LogP contribution in [0, 0.1) is 5.92 Å². The third kappa shape index (κ3) is 3.32. The zero-order chi connectivity index (χ0) is 9.14. The van der Waals surface area contributed by atoms with Crippen LogP contribution in [-0.2, 0) is 4.74 Å². The molecule has 0 aromatic carbocycles. The van der Waals surface area contributed by atoms with Crippen LogP contribution in [0.15, 0.2) is 0 Å². The summed E-state index contributed by atoms with van der Waals surface area (Å²) in [5.41, 5.74) is 0. The van der Waals surface area contributed by atoms with Crippen molar-refractivity contribution in [1.29, 1.82) is 0 Å². The van der Waals surface area contributed by atoms with Gasteiger partial charge >= 0.3 is 0 Å². The summed E-state index contributed by atoms with van der Waals surface area (Å²) in [7, 11) is 0. The number of halogens is 1. The Labute approximate surface area is 80.4 Å². The van der Waals surface area contributed by atoms with E-state index in [9.17, 15) is 0 Å². The van der Waals surface area contributed by atoms with Crippen LogP contribution in [0.2, 0.25) is 0 Å². The fourth-order valence-corrected chi connectivity index (χ4v) is 2.31. The molecule has 1 rings (SSSR count). The summed E-state index contributed by atoms with van der Waals surface area (Å²) in [4.78, 5) is 0. The van der Waals surface area contributed by atoms with Crippen molar-refractivity contribution < 1.29 is 4.74 Å². The normalized spacial score (nSPS) is 37.2. The SMILES string of the molecule is CC(C)C[C@@H]1C[C@H](Cl)C[C@H](C)O1. The number of hydrogen-bond donors (Lipinski definition) is 0. The molecule has 12 heavy (non-hydrogen) atoms. The topological polar surface area (TPSA) is 9.23 Å². The predicted octanol–water partition coefficient (Wildman–Crippen LogP) is 3.21. The smallest absolute Gasteiger partial charge is 0.0595 e. The lowest BCUT2D eigenvalue weighted by atomic mass is 9.97. The summed E-state index contributed by atoms with van der Waals surface area (Å²) in [6, 6.07) is 0. The first-order chi connectivity index (χ1) is 5.58. The van der Waals surface area contributed by atoms with Crippen LogP contribution >= 0.6 is 11.6 Å². The van der Waals surface area contributed by atoms with E-state index < -0.39 is 0 Å². The van der Waals surface area contributed by atoms with Gasteiger partial charge < -0.3 is 4.74 Å². The second-order valence-electron chi connectivity index (χ2n) is 4.27. The van der Waals surface area contributed by atoms with E-state index in [0.29, 0.717) is 23.5 Å².